The number of benzene rings is 1. The molecule has 1 aliphatic heterocycles. The molecule has 1 atom stereocenters. The molecule has 0 radical (unpaired) electrons. The molecule has 1 unspecified atom stereocenters. The van der Waals surface area contributed by atoms with Crippen LogP contribution in [-0.4, -0.2) is 31.0 Å². The lowest BCUT2D eigenvalue weighted by Gasteiger charge is -2.35. The topological polar surface area (TPSA) is 54.7 Å². The Kier molecular flexibility index (Phi) is 6.55. The van der Waals surface area contributed by atoms with Gasteiger partial charge in [-0.2, -0.15) is 0 Å². The summed E-state index contributed by atoms with van der Waals surface area (Å²) in [6.07, 6.45) is 6.13. The highest BCUT2D eigenvalue weighted by atomic mass is 32.1. The standard InChI is InChI=1S/C24H28N2O3S/c1-3-19-16-20(24(30-19)25-23(27)21-8-7-15-29-21)22(26-13-5-4-6-14-26)17-9-11-18(28-2)12-10-17/h7-12,15-16,22H,3-6,13-14H2,1-2H3,(H,25,27). The normalized spacial score (nSPS) is 15.7. The molecule has 3 heterocycles. The number of anilines is 1. The van der Waals surface area contributed by atoms with E-state index < -0.39 is 0 Å². The first-order chi connectivity index (χ1) is 14.7. The zero-order chi connectivity index (χ0) is 20.9. The van der Waals surface area contributed by atoms with Crippen LogP contribution >= 0.6 is 11.3 Å². The number of nitrogens with zero attached hydrogens (tertiary/aromatic N) is 1. The minimum absolute atomic E-state index is 0.0969. The highest BCUT2D eigenvalue weighted by molar-refractivity contribution is 7.16. The van der Waals surface area contributed by atoms with Crippen LogP contribution in [0.15, 0.2) is 53.1 Å². The van der Waals surface area contributed by atoms with E-state index in [4.69, 9.17) is 9.15 Å². The monoisotopic (exact) mass is 424 g/mol. The number of nitrogens with one attached hydrogen (secondary N) is 1. The lowest BCUT2D eigenvalue weighted by atomic mass is 9.95. The summed E-state index contributed by atoms with van der Waals surface area (Å²) in [5, 5.41) is 4.02. The molecular formula is C24H28N2O3S. The minimum Gasteiger partial charge on any atom is -0.497 e. The second-order valence-corrected chi connectivity index (χ2v) is 8.69. The van der Waals surface area contributed by atoms with Crippen LogP contribution in [0.4, 0.5) is 5.00 Å². The average Bonchev–Trinajstić information content (AvgIpc) is 3.46. The predicted octanol–water partition coefficient (Wildman–Crippen LogP) is 5.74. The minimum atomic E-state index is -0.210. The third-order valence-electron chi connectivity index (χ3n) is 5.61. The van der Waals surface area contributed by atoms with Gasteiger partial charge in [0, 0.05) is 10.4 Å². The fourth-order valence-corrected chi connectivity index (χ4v) is 5.08. The van der Waals surface area contributed by atoms with Crippen molar-refractivity contribution in [2.75, 3.05) is 25.5 Å². The molecule has 4 rings (SSSR count). The van der Waals surface area contributed by atoms with E-state index in [2.05, 4.69) is 35.3 Å². The van der Waals surface area contributed by atoms with E-state index in [-0.39, 0.29) is 11.9 Å². The maximum atomic E-state index is 12.7. The van der Waals surface area contributed by atoms with Crippen molar-refractivity contribution in [1.82, 2.24) is 4.90 Å². The molecular weight excluding hydrogens is 396 g/mol. The van der Waals surface area contributed by atoms with Crippen molar-refractivity contribution in [3.05, 3.63) is 70.5 Å². The number of aryl methyl sites for hydroxylation is 1. The molecule has 0 aliphatic carbocycles. The number of carbonyl (C=O) groups is 1. The number of thiophene rings is 1. The van der Waals surface area contributed by atoms with Crippen molar-refractivity contribution >= 4 is 22.2 Å². The molecule has 5 nitrogen and oxygen atoms in total. The molecule has 2 aromatic heterocycles. The number of likely N-dealkylation sites (tertiary alicyclic amines) is 1. The van der Waals surface area contributed by atoms with E-state index in [1.165, 1.54) is 36.0 Å². The van der Waals surface area contributed by atoms with Gasteiger partial charge in [0.25, 0.3) is 5.91 Å². The summed E-state index contributed by atoms with van der Waals surface area (Å²) in [5.74, 6) is 0.964. The summed E-state index contributed by atoms with van der Waals surface area (Å²) in [6, 6.07) is 14.1. The highest BCUT2D eigenvalue weighted by Gasteiger charge is 2.28. The number of rotatable bonds is 7. The Labute approximate surface area is 181 Å². The SMILES string of the molecule is CCc1cc(C(c2ccc(OC)cc2)N2CCCCC2)c(NC(=O)c2ccco2)s1. The first kappa shape index (κ1) is 20.7. The third kappa shape index (κ3) is 4.45. The molecule has 3 aromatic rings. The summed E-state index contributed by atoms with van der Waals surface area (Å²) < 4.78 is 10.7. The van der Waals surface area contributed by atoms with Crippen LogP contribution in [0, 0.1) is 0 Å². The number of hydrogen-bond acceptors (Lipinski definition) is 5. The van der Waals surface area contributed by atoms with Crippen LogP contribution in [-0.2, 0) is 6.42 Å². The van der Waals surface area contributed by atoms with Crippen LogP contribution in [0.1, 0.15) is 58.8 Å². The molecule has 1 amide bonds. The molecule has 0 bridgehead atoms. The molecule has 30 heavy (non-hydrogen) atoms. The van der Waals surface area contributed by atoms with Gasteiger partial charge in [-0.25, -0.2) is 0 Å². The summed E-state index contributed by atoms with van der Waals surface area (Å²) in [4.78, 5) is 16.5. The Morgan fingerprint density at radius 3 is 2.60 bits per heavy atom. The highest BCUT2D eigenvalue weighted by Crippen LogP contribution is 2.41. The molecule has 1 N–H and O–H groups in total. The summed E-state index contributed by atoms with van der Waals surface area (Å²) in [7, 11) is 1.69. The Bertz CT molecular complexity index is 957. The van der Waals surface area contributed by atoms with Crippen LogP contribution < -0.4 is 10.1 Å². The number of carbonyl (C=O) groups excluding carboxylic acids is 1. The van der Waals surface area contributed by atoms with Crippen molar-refractivity contribution in [3.8, 4) is 5.75 Å². The van der Waals surface area contributed by atoms with Gasteiger partial charge in [0.1, 0.15) is 10.8 Å². The Balaban J connectivity index is 1.73. The lowest BCUT2D eigenvalue weighted by molar-refractivity contribution is 0.0996. The summed E-state index contributed by atoms with van der Waals surface area (Å²) in [6.45, 7) is 4.26. The van der Waals surface area contributed by atoms with Gasteiger partial charge >= 0.3 is 0 Å². The largest absolute Gasteiger partial charge is 0.497 e. The fraction of sp³-hybridized carbons (Fsp3) is 0.375. The Morgan fingerprint density at radius 2 is 1.97 bits per heavy atom. The number of ether oxygens (including phenoxy) is 1. The summed E-state index contributed by atoms with van der Waals surface area (Å²) in [5.41, 5.74) is 2.37. The maximum absolute atomic E-state index is 12.7. The molecule has 158 valence electrons. The average molecular weight is 425 g/mol. The fourth-order valence-electron chi connectivity index (χ4n) is 4.06. The molecule has 0 saturated carbocycles. The molecule has 1 saturated heterocycles. The quantitative estimate of drug-likeness (QED) is 0.525. The van der Waals surface area contributed by atoms with E-state index in [0.717, 1.165) is 35.8 Å². The second kappa shape index (κ2) is 9.49. The third-order valence-corrected chi connectivity index (χ3v) is 6.82. The van der Waals surface area contributed by atoms with Crippen LogP contribution in [0.5, 0.6) is 5.75 Å². The van der Waals surface area contributed by atoms with Gasteiger partial charge in [-0.3, -0.25) is 9.69 Å². The summed E-state index contributed by atoms with van der Waals surface area (Å²) >= 11 is 1.65. The van der Waals surface area contributed by atoms with Crippen molar-refractivity contribution in [2.45, 2.75) is 38.6 Å². The van der Waals surface area contributed by atoms with Gasteiger partial charge in [-0.1, -0.05) is 25.5 Å². The van der Waals surface area contributed by atoms with Crippen molar-refractivity contribution in [3.63, 3.8) is 0 Å². The van der Waals surface area contributed by atoms with Crippen LogP contribution in [0.3, 0.4) is 0 Å². The van der Waals surface area contributed by atoms with Gasteiger partial charge in [0.2, 0.25) is 0 Å². The maximum Gasteiger partial charge on any atom is 0.291 e. The van der Waals surface area contributed by atoms with E-state index >= 15 is 0 Å². The molecule has 0 spiro atoms. The second-order valence-electron chi connectivity index (χ2n) is 7.55. The first-order valence-electron chi connectivity index (χ1n) is 10.5. The lowest BCUT2D eigenvalue weighted by Crippen LogP contribution is -2.34. The zero-order valence-electron chi connectivity index (χ0n) is 17.5. The Morgan fingerprint density at radius 1 is 1.20 bits per heavy atom. The van der Waals surface area contributed by atoms with Gasteiger partial charge in [0.15, 0.2) is 5.76 Å². The number of piperidine rings is 1. The van der Waals surface area contributed by atoms with Crippen molar-refractivity contribution in [2.24, 2.45) is 0 Å². The number of furan rings is 1. The number of amides is 1. The van der Waals surface area contributed by atoms with Gasteiger partial charge < -0.3 is 14.5 Å². The molecule has 1 aromatic carbocycles. The molecule has 1 aliphatic rings. The van der Waals surface area contributed by atoms with E-state index in [1.807, 2.05) is 12.1 Å². The van der Waals surface area contributed by atoms with E-state index in [0.29, 0.717) is 5.76 Å². The van der Waals surface area contributed by atoms with Crippen molar-refractivity contribution in [1.29, 1.82) is 0 Å². The number of hydrogen-bond donors (Lipinski definition) is 1. The Hall–Kier alpha value is -2.57. The van der Waals surface area contributed by atoms with Crippen molar-refractivity contribution < 1.29 is 13.9 Å². The van der Waals surface area contributed by atoms with Gasteiger partial charge in [-0.05, 0) is 68.2 Å². The van der Waals surface area contributed by atoms with Gasteiger partial charge in [-0.15, -0.1) is 11.3 Å². The zero-order valence-corrected chi connectivity index (χ0v) is 18.3. The van der Waals surface area contributed by atoms with Crippen LogP contribution in [0.2, 0.25) is 0 Å². The van der Waals surface area contributed by atoms with Crippen LogP contribution in [0.25, 0.3) is 0 Å². The van der Waals surface area contributed by atoms with Gasteiger partial charge in [0.05, 0.1) is 19.4 Å². The molecule has 6 heteroatoms. The smallest absolute Gasteiger partial charge is 0.291 e. The van der Waals surface area contributed by atoms with E-state index in [1.54, 1.807) is 30.6 Å². The van der Waals surface area contributed by atoms with E-state index in [9.17, 15) is 4.79 Å². The predicted molar refractivity (Wildman–Crippen MR) is 121 cm³/mol. The molecule has 1 fully saturated rings. The number of methoxy groups -OCH3 is 1. The first-order valence-corrected chi connectivity index (χ1v) is 11.4.